The molecule has 1 aromatic rings. The van der Waals surface area contributed by atoms with Crippen molar-refractivity contribution in [1.29, 1.82) is 0 Å². The van der Waals surface area contributed by atoms with Crippen LogP contribution in [0.4, 0.5) is 5.13 Å². The highest BCUT2D eigenvalue weighted by Gasteiger charge is 2.33. The van der Waals surface area contributed by atoms with Crippen LogP contribution in [0.15, 0.2) is 4.34 Å². The molecule has 0 spiro atoms. The molecule has 0 bridgehead atoms. The molecule has 0 saturated carbocycles. The third-order valence-electron chi connectivity index (χ3n) is 3.16. The van der Waals surface area contributed by atoms with Crippen LogP contribution >= 0.6 is 11.3 Å². The molecule has 1 unspecified atom stereocenters. The van der Waals surface area contributed by atoms with Crippen molar-refractivity contribution in [3.05, 3.63) is 0 Å². The number of nitrogens with two attached hydrogens (primary N) is 1. The van der Waals surface area contributed by atoms with Gasteiger partial charge < -0.3 is 10.8 Å². The van der Waals surface area contributed by atoms with E-state index in [0.29, 0.717) is 25.9 Å². The lowest BCUT2D eigenvalue weighted by Crippen LogP contribution is -2.40. The lowest BCUT2D eigenvalue weighted by atomic mass is 9.93. The summed E-state index contributed by atoms with van der Waals surface area (Å²) in [5, 5.41) is 16.7. The van der Waals surface area contributed by atoms with Gasteiger partial charge in [0.15, 0.2) is 0 Å². The van der Waals surface area contributed by atoms with Gasteiger partial charge in [-0.1, -0.05) is 11.3 Å². The number of aliphatic hydroxyl groups excluding tert-OH is 1. The third-order valence-corrected chi connectivity index (χ3v) is 6.16. The first-order valence-corrected chi connectivity index (χ1v) is 7.94. The van der Waals surface area contributed by atoms with Crippen molar-refractivity contribution in [1.82, 2.24) is 14.5 Å². The molecule has 0 aromatic carbocycles. The predicted molar refractivity (Wildman–Crippen MR) is 67.5 cm³/mol. The summed E-state index contributed by atoms with van der Waals surface area (Å²) in [7, 11) is -3.57. The Bertz CT molecular complexity index is 506. The Balaban J connectivity index is 2.09. The monoisotopic (exact) mass is 292 g/mol. The maximum Gasteiger partial charge on any atom is 0.272 e. The zero-order valence-corrected chi connectivity index (χ0v) is 11.6. The first kappa shape index (κ1) is 13.7. The molecule has 3 N–H and O–H groups in total. The van der Waals surface area contributed by atoms with Gasteiger partial charge in [-0.05, 0) is 25.7 Å². The molecule has 1 aromatic heterocycles. The van der Waals surface area contributed by atoms with E-state index in [1.165, 1.54) is 4.31 Å². The Morgan fingerprint density at radius 1 is 1.44 bits per heavy atom. The van der Waals surface area contributed by atoms with Gasteiger partial charge >= 0.3 is 0 Å². The van der Waals surface area contributed by atoms with Crippen LogP contribution in [0.2, 0.25) is 0 Å². The van der Waals surface area contributed by atoms with E-state index >= 15 is 0 Å². The van der Waals surface area contributed by atoms with E-state index in [-0.39, 0.29) is 15.4 Å². The second-order valence-electron chi connectivity index (χ2n) is 4.39. The summed E-state index contributed by atoms with van der Waals surface area (Å²) in [5.41, 5.74) is 5.40. The first-order valence-electron chi connectivity index (χ1n) is 5.68. The van der Waals surface area contributed by atoms with Crippen LogP contribution in [0, 0.1) is 5.92 Å². The van der Waals surface area contributed by atoms with Crippen LogP contribution in [-0.4, -0.2) is 47.2 Å². The van der Waals surface area contributed by atoms with E-state index < -0.39 is 16.1 Å². The zero-order valence-electron chi connectivity index (χ0n) is 9.98. The molecule has 0 radical (unpaired) electrons. The van der Waals surface area contributed by atoms with Gasteiger partial charge in [-0.3, -0.25) is 0 Å². The molecule has 0 aliphatic carbocycles. The number of sulfonamides is 1. The number of anilines is 1. The fourth-order valence-corrected chi connectivity index (χ4v) is 4.43. The van der Waals surface area contributed by atoms with Gasteiger partial charge in [-0.25, -0.2) is 8.42 Å². The molecule has 102 valence electrons. The Morgan fingerprint density at radius 3 is 2.50 bits per heavy atom. The summed E-state index contributed by atoms with van der Waals surface area (Å²) in [6.45, 7) is 2.54. The first-order chi connectivity index (χ1) is 8.41. The Morgan fingerprint density at radius 2 is 2.06 bits per heavy atom. The minimum absolute atomic E-state index is 0.0597. The van der Waals surface area contributed by atoms with Crippen molar-refractivity contribution in [2.75, 3.05) is 18.8 Å². The number of hydrogen-bond acceptors (Lipinski definition) is 7. The second-order valence-corrected chi connectivity index (χ2v) is 7.51. The molecule has 18 heavy (non-hydrogen) atoms. The fraction of sp³-hybridized carbons (Fsp3) is 0.778. The largest absolute Gasteiger partial charge is 0.393 e. The normalized spacial score (nSPS) is 21.0. The van der Waals surface area contributed by atoms with Gasteiger partial charge in [0.25, 0.3) is 10.0 Å². The van der Waals surface area contributed by atoms with Crippen LogP contribution < -0.4 is 5.73 Å². The summed E-state index contributed by atoms with van der Waals surface area (Å²) >= 11 is 0.872. The van der Waals surface area contributed by atoms with Crippen molar-refractivity contribution in [3.8, 4) is 0 Å². The maximum atomic E-state index is 12.2. The lowest BCUT2D eigenvalue weighted by molar-refractivity contribution is 0.0912. The van der Waals surface area contributed by atoms with Crippen molar-refractivity contribution < 1.29 is 13.5 Å². The summed E-state index contributed by atoms with van der Waals surface area (Å²) in [6, 6.07) is 0. The van der Waals surface area contributed by atoms with E-state index in [0.717, 1.165) is 11.3 Å². The van der Waals surface area contributed by atoms with Crippen LogP contribution in [0.3, 0.4) is 0 Å². The van der Waals surface area contributed by atoms with Gasteiger partial charge in [0.2, 0.25) is 9.47 Å². The smallest absolute Gasteiger partial charge is 0.272 e. The highest BCUT2D eigenvalue weighted by Crippen LogP contribution is 2.27. The lowest BCUT2D eigenvalue weighted by Gasteiger charge is -2.31. The summed E-state index contributed by atoms with van der Waals surface area (Å²) in [4.78, 5) is 0. The average Bonchev–Trinajstić information content (AvgIpc) is 2.76. The fourth-order valence-electron chi connectivity index (χ4n) is 2.03. The number of nitrogens with zero attached hydrogens (tertiary/aromatic N) is 3. The molecule has 1 fully saturated rings. The molecular weight excluding hydrogens is 276 g/mol. The second kappa shape index (κ2) is 5.08. The van der Waals surface area contributed by atoms with Crippen LogP contribution in [0.5, 0.6) is 0 Å². The highest BCUT2D eigenvalue weighted by atomic mass is 32.2. The van der Waals surface area contributed by atoms with Gasteiger partial charge in [0.05, 0.1) is 6.10 Å². The van der Waals surface area contributed by atoms with Crippen molar-refractivity contribution >= 4 is 26.5 Å². The van der Waals surface area contributed by atoms with Gasteiger partial charge in [-0.15, -0.1) is 10.2 Å². The van der Waals surface area contributed by atoms with Crippen LogP contribution in [-0.2, 0) is 10.0 Å². The van der Waals surface area contributed by atoms with E-state index in [2.05, 4.69) is 10.2 Å². The molecule has 2 heterocycles. The van der Waals surface area contributed by atoms with E-state index in [4.69, 9.17) is 5.73 Å². The Hall–Kier alpha value is -0.770. The van der Waals surface area contributed by atoms with E-state index in [9.17, 15) is 13.5 Å². The van der Waals surface area contributed by atoms with Gasteiger partial charge in [-0.2, -0.15) is 4.31 Å². The quantitative estimate of drug-likeness (QED) is 0.805. The number of rotatable bonds is 3. The van der Waals surface area contributed by atoms with E-state index in [1.807, 2.05) is 0 Å². The standard InChI is InChI=1S/C9H16N4O3S2/c1-6(14)7-2-4-13(5-3-7)18(15,16)9-12-11-8(10)17-9/h6-7,14H,2-5H2,1H3,(H2,10,11). The van der Waals surface area contributed by atoms with Crippen molar-refractivity contribution in [2.45, 2.75) is 30.2 Å². The van der Waals surface area contributed by atoms with Crippen LogP contribution in [0.1, 0.15) is 19.8 Å². The van der Waals surface area contributed by atoms with Crippen LogP contribution in [0.25, 0.3) is 0 Å². The topological polar surface area (TPSA) is 109 Å². The molecule has 1 atom stereocenters. The average molecular weight is 292 g/mol. The zero-order chi connectivity index (χ0) is 13.3. The number of piperidine rings is 1. The Labute approximate surface area is 110 Å². The molecule has 9 heteroatoms. The molecule has 0 amide bonds. The van der Waals surface area contributed by atoms with Gasteiger partial charge in [0, 0.05) is 13.1 Å². The summed E-state index contributed by atoms with van der Waals surface area (Å²) < 4.78 is 25.7. The highest BCUT2D eigenvalue weighted by molar-refractivity contribution is 7.91. The number of nitrogen functional groups attached to an aromatic ring is 1. The minimum atomic E-state index is -3.57. The molecule has 1 aliphatic heterocycles. The minimum Gasteiger partial charge on any atom is -0.393 e. The number of aliphatic hydroxyl groups is 1. The molecule has 7 nitrogen and oxygen atoms in total. The molecule has 1 aliphatic rings. The number of hydrogen-bond donors (Lipinski definition) is 2. The van der Waals surface area contributed by atoms with Crippen molar-refractivity contribution in [3.63, 3.8) is 0 Å². The number of aromatic nitrogens is 2. The Kier molecular flexibility index (Phi) is 3.85. The molecule has 2 rings (SSSR count). The third kappa shape index (κ3) is 2.63. The van der Waals surface area contributed by atoms with Crippen molar-refractivity contribution in [2.24, 2.45) is 5.92 Å². The molecular formula is C9H16N4O3S2. The SMILES string of the molecule is CC(O)C1CCN(S(=O)(=O)c2nnc(N)s2)CC1. The summed E-state index contributed by atoms with van der Waals surface area (Å²) in [6.07, 6.45) is 0.920. The summed E-state index contributed by atoms with van der Waals surface area (Å²) in [5.74, 6) is 0.163. The molecule has 1 saturated heterocycles. The van der Waals surface area contributed by atoms with E-state index in [1.54, 1.807) is 6.92 Å². The van der Waals surface area contributed by atoms with Gasteiger partial charge in [0.1, 0.15) is 0 Å². The maximum absolute atomic E-state index is 12.2. The predicted octanol–water partition coefficient (Wildman–Crippen LogP) is -0.0982.